The van der Waals surface area contributed by atoms with Crippen LogP contribution in [0.4, 0.5) is 14.9 Å². The molecule has 3 aromatic carbocycles. The van der Waals surface area contributed by atoms with E-state index < -0.39 is 23.3 Å². The first-order valence-electron chi connectivity index (χ1n) is 12.9. The molecule has 3 N–H and O–H groups in total. The van der Waals surface area contributed by atoms with Crippen LogP contribution in [0, 0.1) is 5.82 Å². The Bertz CT molecular complexity index is 1530. The summed E-state index contributed by atoms with van der Waals surface area (Å²) in [6.45, 7) is 0.916. The lowest BCUT2D eigenvalue weighted by Crippen LogP contribution is -2.68. The summed E-state index contributed by atoms with van der Waals surface area (Å²) in [6.07, 6.45) is 0.308. The van der Waals surface area contributed by atoms with E-state index in [-0.39, 0.29) is 12.5 Å². The van der Waals surface area contributed by atoms with E-state index in [0.29, 0.717) is 37.5 Å². The number of methoxy groups -OCH3 is 1. The van der Waals surface area contributed by atoms with Crippen molar-refractivity contribution in [3.8, 4) is 5.75 Å². The summed E-state index contributed by atoms with van der Waals surface area (Å²) in [6, 6.07) is 19.9. The van der Waals surface area contributed by atoms with Crippen LogP contribution in [0.25, 0.3) is 10.9 Å². The quantitative estimate of drug-likeness (QED) is 0.361. The Morgan fingerprint density at radius 3 is 2.51 bits per heavy atom. The normalized spacial score (nSPS) is 17.6. The van der Waals surface area contributed by atoms with E-state index in [1.165, 1.54) is 24.3 Å². The molecule has 9 heteroatoms. The molecule has 1 spiro atoms. The average Bonchev–Trinajstić information content (AvgIpc) is 3.31. The first-order chi connectivity index (χ1) is 18.9. The molecular formula is C30H29FN4O4. The van der Waals surface area contributed by atoms with Crippen LogP contribution < -0.4 is 10.1 Å². The molecule has 200 valence electrons. The maximum Gasteiger partial charge on any atom is 0.322 e. The Labute approximate surface area is 225 Å². The lowest BCUT2D eigenvalue weighted by atomic mass is 9.68. The summed E-state index contributed by atoms with van der Waals surface area (Å²) in [4.78, 5) is 33.6. The number of amides is 3. The van der Waals surface area contributed by atoms with Crippen molar-refractivity contribution in [2.75, 3.05) is 38.7 Å². The number of H-pyrrole nitrogens is 1. The van der Waals surface area contributed by atoms with E-state index in [0.717, 1.165) is 27.7 Å². The number of rotatable bonds is 5. The molecule has 1 saturated heterocycles. The van der Waals surface area contributed by atoms with Gasteiger partial charge < -0.3 is 29.9 Å². The number of anilines is 1. The summed E-state index contributed by atoms with van der Waals surface area (Å²) < 4.78 is 18.8. The zero-order valence-electron chi connectivity index (χ0n) is 21.5. The highest BCUT2D eigenvalue weighted by atomic mass is 19.1. The number of carbonyl (C=O) groups excluding carboxylic acids is 2. The molecular weight excluding hydrogens is 499 g/mol. The predicted molar refractivity (Wildman–Crippen MR) is 145 cm³/mol. The second-order valence-electron chi connectivity index (χ2n) is 10.3. The number of aromatic nitrogens is 1. The number of aromatic amines is 1. The van der Waals surface area contributed by atoms with Gasteiger partial charge in [-0.3, -0.25) is 4.79 Å². The molecule has 1 atom stereocenters. The first-order valence-corrected chi connectivity index (χ1v) is 12.9. The molecule has 0 unspecified atom stereocenters. The van der Waals surface area contributed by atoms with E-state index in [1.807, 2.05) is 53.4 Å². The molecule has 8 nitrogen and oxygen atoms in total. The third kappa shape index (κ3) is 4.38. The third-order valence-electron chi connectivity index (χ3n) is 7.81. The van der Waals surface area contributed by atoms with Gasteiger partial charge in [0.05, 0.1) is 31.6 Å². The Morgan fingerprint density at radius 1 is 1.08 bits per heavy atom. The molecule has 0 bridgehead atoms. The van der Waals surface area contributed by atoms with Crippen LogP contribution in [0.5, 0.6) is 5.75 Å². The van der Waals surface area contributed by atoms with Crippen molar-refractivity contribution in [3.05, 3.63) is 95.4 Å². The minimum atomic E-state index is -0.626. The molecule has 2 aliphatic rings. The second kappa shape index (κ2) is 9.74. The maximum atomic E-state index is 13.5. The molecule has 1 fully saturated rings. The Balaban J connectivity index is 1.35. The van der Waals surface area contributed by atoms with Crippen LogP contribution >= 0.6 is 0 Å². The standard InChI is InChI=1S/C30H29FN4O4/c1-39-22-11-12-23-24(14-22)33-28-25(15-36)35(29(38)32-21-9-7-20(31)8-10-21)18-30(27(23)28)16-34(17-30)26(37)13-19-5-3-2-4-6-19/h2-12,14,25,33,36H,13,15-18H2,1H3,(H,32,38)/t25-/m1/s1. The zero-order valence-corrected chi connectivity index (χ0v) is 21.5. The van der Waals surface area contributed by atoms with Crippen LogP contribution in [0.2, 0.25) is 0 Å². The highest BCUT2D eigenvalue weighted by molar-refractivity contribution is 5.93. The van der Waals surface area contributed by atoms with Gasteiger partial charge in [0.1, 0.15) is 11.6 Å². The predicted octanol–water partition coefficient (Wildman–Crippen LogP) is 4.22. The molecule has 4 aromatic rings. The summed E-state index contributed by atoms with van der Waals surface area (Å²) in [5, 5.41) is 14.3. The van der Waals surface area contributed by atoms with Gasteiger partial charge in [-0.25, -0.2) is 9.18 Å². The Kier molecular flexibility index (Phi) is 6.23. The fourth-order valence-electron chi connectivity index (χ4n) is 5.95. The molecule has 6 rings (SSSR count). The molecule has 0 radical (unpaired) electrons. The van der Waals surface area contributed by atoms with Crippen molar-refractivity contribution < 1.29 is 23.8 Å². The van der Waals surface area contributed by atoms with Crippen molar-refractivity contribution in [1.82, 2.24) is 14.8 Å². The van der Waals surface area contributed by atoms with Crippen LogP contribution in [0.3, 0.4) is 0 Å². The fraction of sp³-hybridized carbons (Fsp3) is 0.267. The number of fused-ring (bicyclic) bond motifs is 4. The molecule has 2 aliphatic heterocycles. The van der Waals surface area contributed by atoms with Crippen molar-refractivity contribution in [2.45, 2.75) is 17.9 Å². The number of nitrogens with zero attached hydrogens (tertiary/aromatic N) is 2. The number of likely N-dealkylation sites (tertiary alicyclic amines) is 1. The number of benzene rings is 3. The molecule has 3 heterocycles. The number of aliphatic hydroxyl groups is 1. The van der Waals surface area contributed by atoms with Gasteiger partial charge in [-0.2, -0.15) is 0 Å². The Morgan fingerprint density at radius 2 is 1.82 bits per heavy atom. The van der Waals surface area contributed by atoms with Crippen LogP contribution in [-0.4, -0.2) is 65.2 Å². The number of hydrogen-bond acceptors (Lipinski definition) is 4. The zero-order chi connectivity index (χ0) is 27.1. The van der Waals surface area contributed by atoms with Crippen molar-refractivity contribution in [3.63, 3.8) is 0 Å². The van der Waals surface area contributed by atoms with Crippen molar-refractivity contribution >= 4 is 28.5 Å². The first kappa shape index (κ1) is 24.9. The molecule has 3 amide bonds. The number of aliphatic hydroxyl groups excluding tert-OH is 1. The number of nitrogens with one attached hydrogen (secondary N) is 2. The smallest absolute Gasteiger partial charge is 0.322 e. The molecule has 0 aliphatic carbocycles. The fourth-order valence-corrected chi connectivity index (χ4v) is 5.95. The van der Waals surface area contributed by atoms with Gasteiger partial charge in [-0.05, 0) is 47.5 Å². The van der Waals surface area contributed by atoms with E-state index >= 15 is 0 Å². The van der Waals surface area contributed by atoms with Gasteiger partial charge in [-0.1, -0.05) is 30.3 Å². The van der Waals surface area contributed by atoms with E-state index in [4.69, 9.17) is 4.74 Å². The largest absolute Gasteiger partial charge is 0.497 e. The lowest BCUT2D eigenvalue weighted by molar-refractivity contribution is -0.139. The summed E-state index contributed by atoms with van der Waals surface area (Å²) in [5.74, 6) is 0.322. The Hall–Kier alpha value is -4.37. The molecule has 39 heavy (non-hydrogen) atoms. The SMILES string of the molecule is COc1ccc2c3c([nH]c2c1)[C@@H](CO)N(C(=O)Nc1ccc(F)cc1)CC31CN(C(=O)Cc2ccccc2)C1. The van der Waals surface area contributed by atoms with Gasteiger partial charge >= 0.3 is 6.03 Å². The van der Waals surface area contributed by atoms with E-state index in [2.05, 4.69) is 10.3 Å². The number of hydrogen-bond donors (Lipinski definition) is 3. The summed E-state index contributed by atoms with van der Waals surface area (Å²) in [7, 11) is 1.60. The third-order valence-corrected chi connectivity index (χ3v) is 7.81. The molecule has 1 aromatic heterocycles. The average molecular weight is 529 g/mol. The minimum absolute atomic E-state index is 0.0291. The van der Waals surface area contributed by atoms with Gasteiger partial charge in [0, 0.05) is 48.0 Å². The highest BCUT2D eigenvalue weighted by Gasteiger charge is 2.55. The maximum absolute atomic E-state index is 13.5. The van der Waals surface area contributed by atoms with Gasteiger partial charge in [0.2, 0.25) is 5.91 Å². The van der Waals surface area contributed by atoms with Gasteiger partial charge in [0.25, 0.3) is 0 Å². The van der Waals surface area contributed by atoms with E-state index in [1.54, 1.807) is 12.0 Å². The highest BCUT2D eigenvalue weighted by Crippen LogP contribution is 2.48. The van der Waals surface area contributed by atoms with Crippen LogP contribution in [0.1, 0.15) is 22.9 Å². The number of urea groups is 1. The lowest BCUT2D eigenvalue weighted by Gasteiger charge is -2.56. The van der Waals surface area contributed by atoms with Crippen molar-refractivity contribution in [1.29, 1.82) is 0 Å². The summed E-state index contributed by atoms with van der Waals surface area (Å²) >= 11 is 0. The van der Waals surface area contributed by atoms with Crippen LogP contribution in [-0.2, 0) is 16.6 Å². The monoisotopic (exact) mass is 528 g/mol. The minimum Gasteiger partial charge on any atom is -0.497 e. The number of ether oxygens (including phenoxy) is 1. The van der Waals surface area contributed by atoms with E-state index in [9.17, 15) is 19.1 Å². The second-order valence-corrected chi connectivity index (χ2v) is 10.3. The topological polar surface area (TPSA) is 97.9 Å². The van der Waals surface area contributed by atoms with Gasteiger partial charge in [-0.15, -0.1) is 0 Å². The van der Waals surface area contributed by atoms with Crippen molar-refractivity contribution in [2.24, 2.45) is 0 Å². The number of halogens is 1. The number of carbonyl (C=O) groups is 2. The van der Waals surface area contributed by atoms with Gasteiger partial charge in [0.15, 0.2) is 0 Å². The molecule has 0 saturated carbocycles. The summed E-state index contributed by atoms with van der Waals surface area (Å²) in [5.41, 5.74) is 3.50. The van der Waals surface area contributed by atoms with Crippen LogP contribution in [0.15, 0.2) is 72.8 Å².